The lowest BCUT2D eigenvalue weighted by Crippen LogP contribution is -2.01. The Hall–Kier alpha value is -1.87. The maximum atomic E-state index is 4.66. The van der Waals surface area contributed by atoms with E-state index in [9.17, 15) is 0 Å². The van der Waals surface area contributed by atoms with Gasteiger partial charge in [0, 0.05) is 5.69 Å². The first-order chi connectivity index (χ1) is 9.86. The predicted molar refractivity (Wildman–Crippen MR) is 87.4 cm³/mol. The number of rotatable bonds is 5. The summed E-state index contributed by atoms with van der Waals surface area (Å²) in [5.74, 6) is 0. The van der Waals surface area contributed by atoms with Crippen LogP contribution in [0.5, 0.6) is 0 Å². The third-order valence-corrected chi connectivity index (χ3v) is 4.34. The minimum Gasteiger partial charge on any atom is -0.378 e. The van der Waals surface area contributed by atoms with Crippen LogP contribution >= 0.6 is 11.3 Å². The Morgan fingerprint density at radius 2 is 1.85 bits per heavy atom. The van der Waals surface area contributed by atoms with Gasteiger partial charge in [-0.15, -0.1) is 11.3 Å². The molecule has 0 bridgehead atoms. The highest BCUT2D eigenvalue weighted by atomic mass is 32.1. The fraction of sp³-hybridized carbons (Fsp3) is 0.235. The highest BCUT2D eigenvalue weighted by Crippen LogP contribution is 2.23. The van der Waals surface area contributed by atoms with Crippen molar-refractivity contribution in [3.05, 3.63) is 59.1 Å². The maximum absolute atomic E-state index is 4.66. The number of aryl methyl sites for hydroxylation is 1. The van der Waals surface area contributed by atoms with Crippen LogP contribution < -0.4 is 5.32 Å². The summed E-state index contributed by atoms with van der Waals surface area (Å²) in [5.41, 5.74) is 3.71. The fourth-order valence-corrected chi connectivity index (χ4v) is 3.25. The van der Waals surface area contributed by atoms with Gasteiger partial charge < -0.3 is 5.32 Å². The van der Waals surface area contributed by atoms with Crippen LogP contribution in [0, 0.1) is 0 Å². The van der Waals surface area contributed by atoms with E-state index >= 15 is 0 Å². The zero-order valence-electron chi connectivity index (χ0n) is 11.6. The second-order valence-corrected chi connectivity index (χ2v) is 5.95. The van der Waals surface area contributed by atoms with E-state index in [-0.39, 0.29) is 0 Å². The summed E-state index contributed by atoms with van der Waals surface area (Å²) in [4.78, 5) is 4.66. The number of anilines is 1. The molecule has 3 rings (SSSR count). The van der Waals surface area contributed by atoms with Crippen molar-refractivity contribution >= 4 is 27.2 Å². The van der Waals surface area contributed by atoms with Crippen molar-refractivity contribution in [2.45, 2.75) is 26.3 Å². The van der Waals surface area contributed by atoms with Crippen LogP contribution in [-0.2, 0) is 13.0 Å². The maximum Gasteiger partial charge on any atom is 0.113 e. The molecule has 0 amide bonds. The molecule has 0 radical (unpaired) electrons. The lowest BCUT2D eigenvalue weighted by Gasteiger charge is -2.10. The summed E-state index contributed by atoms with van der Waals surface area (Å²) in [6.07, 6.45) is 2.28. The first kappa shape index (κ1) is 13.1. The van der Waals surface area contributed by atoms with Gasteiger partial charge in [-0.25, -0.2) is 4.98 Å². The molecule has 3 aromatic rings. The molecule has 0 fully saturated rings. The summed E-state index contributed by atoms with van der Waals surface area (Å²) in [5, 5.41) is 4.66. The number of thiazole rings is 1. The number of hydrogen-bond acceptors (Lipinski definition) is 3. The quantitative estimate of drug-likeness (QED) is 0.722. The molecule has 2 nitrogen and oxygen atoms in total. The molecule has 1 aromatic heterocycles. The molecule has 0 aliphatic heterocycles. The zero-order valence-corrected chi connectivity index (χ0v) is 12.4. The average Bonchev–Trinajstić information content (AvgIpc) is 2.89. The van der Waals surface area contributed by atoms with Gasteiger partial charge in [-0.2, -0.15) is 0 Å². The molecule has 102 valence electrons. The Morgan fingerprint density at radius 1 is 1.05 bits per heavy atom. The first-order valence-electron chi connectivity index (χ1n) is 7.03. The summed E-state index contributed by atoms with van der Waals surface area (Å²) >= 11 is 1.76. The Kier molecular flexibility index (Phi) is 3.97. The van der Waals surface area contributed by atoms with Crippen molar-refractivity contribution in [1.82, 2.24) is 4.98 Å². The van der Waals surface area contributed by atoms with Gasteiger partial charge in [-0.3, -0.25) is 0 Å². The SMILES string of the molecule is CCCc1ccccc1NCc1nc2ccccc2s1. The highest BCUT2D eigenvalue weighted by Gasteiger charge is 2.04. The van der Waals surface area contributed by atoms with Crippen LogP contribution in [0.3, 0.4) is 0 Å². The van der Waals surface area contributed by atoms with Gasteiger partial charge in [0.25, 0.3) is 0 Å². The number of para-hydroxylation sites is 2. The van der Waals surface area contributed by atoms with Gasteiger partial charge in [-0.1, -0.05) is 43.7 Å². The molecular formula is C17H18N2S. The van der Waals surface area contributed by atoms with E-state index in [4.69, 9.17) is 0 Å². The van der Waals surface area contributed by atoms with Crippen LogP contribution in [0.25, 0.3) is 10.2 Å². The summed E-state index contributed by atoms with van der Waals surface area (Å²) < 4.78 is 1.26. The van der Waals surface area contributed by atoms with Crippen LogP contribution in [0.2, 0.25) is 0 Å². The first-order valence-corrected chi connectivity index (χ1v) is 7.84. The minimum absolute atomic E-state index is 0.792. The smallest absolute Gasteiger partial charge is 0.113 e. The van der Waals surface area contributed by atoms with E-state index in [1.165, 1.54) is 22.4 Å². The van der Waals surface area contributed by atoms with Crippen molar-refractivity contribution < 1.29 is 0 Å². The second-order valence-electron chi connectivity index (χ2n) is 4.84. The summed E-state index contributed by atoms with van der Waals surface area (Å²) in [6.45, 7) is 3.00. The molecule has 1 N–H and O–H groups in total. The van der Waals surface area contributed by atoms with Crippen molar-refractivity contribution in [3.8, 4) is 0 Å². The van der Waals surface area contributed by atoms with Crippen LogP contribution in [0.15, 0.2) is 48.5 Å². The Labute approximate surface area is 123 Å². The average molecular weight is 282 g/mol. The Balaban J connectivity index is 1.76. The number of nitrogens with zero attached hydrogens (tertiary/aromatic N) is 1. The molecule has 0 saturated heterocycles. The number of aromatic nitrogens is 1. The number of benzene rings is 2. The number of hydrogen-bond donors (Lipinski definition) is 1. The highest BCUT2D eigenvalue weighted by molar-refractivity contribution is 7.18. The second kappa shape index (κ2) is 6.06. The standard InChI is InChI=1S/C17H18N2S/c1-2-7-13-8-3-4-9-14(13)18-12-17-19-15-10-5-6-11-16(15)20-17/h3-6,8-11,18H,2,7,12H2,1H3. The predicted octanol–water partition coefficient (Wildman–Crippen LogP) is 4.86. The molecule has 3 heteroatoms. The molecule has 0 aliphatic rings. The van der Waals surface area contributed by atoms with E-state index in [0.29, 0.717) is 0 Å². The molecule has 0 spiro atoms. The zero-order chi connectivity index (χ0) is 13.8. The number of fused-ring (bicyclic) bond motifs is 1. The van der Waals surface area contributed by atoms with Crippen molar-refractivity contribution in [3.63, 3.8) is 0 Å². The molecule has 0 aliphatic carbocycles. The van der Waals surface area contributed by atoms with Crippen LogP contribution in [0.1, 0.15) is 23.9 Å². The third-order valence-electron chi connectivity index (χ3n) is 3.30. The van der Waals surface area contributed by atoms with Gasteiger partial charge in [-0.05, 0) is 30.2 Å². The Bertz CT molecular complexity index is 670. The molecule has 0 saturated carbocycles. The van der Waals surface area contributed by atoms with E-state index in [1.54, 1.807) is 11.3 Å². The molecule has 2 aromatic carbocycles. The van der Waals surface area contributed by atoms with Gasteiger partial charge >= 0.3 is 0 Å². The van der Waals surface area contributed by atoms with Gasteiger partial charge in [0.2, 0.25) is 0 Å². The number of nitrogens with one attached hydrogen (secondary N) is 1. The molecule has 1 heterocycles. The summed E-state index contributed by atoms with van der Waals surface area (Å²) in [6, 6.07) is 16.8. The van der Waals surface area contributed by atoms with Crippen molar-refractivity contribution in [2.75, 3.05) is 5.32 Å². The van der Waals surface area contributed by atoms with Crippen LogP contribution in [-0.4, -0.2) is 4.98 Å². The Morgan fingerprint density at radius 3 is 2.70 bits per heavy atom. The van der Waals surface area contributed by atoms with Crippen molar-refractivity contribution in [1.29, 1.82) is 0 Å². The van der Waals surface area contributed by atoms with Gasteiger partial charge in [0.15, 0.2) is 0 Å². The monoisotopic (exact) mass is 282 g/mol. The van der Waals surface area contributed by atoms with E-state index in [0.717, 1.165) is 23.5 Å². The van der Waals surface area contributed by atoms with Gasteiger partial charge in [0.1, 0.15) is 5.01 Å². The minimum atomic E-state index is 0.792. The van der Waals surface area contributed by atoms with Gasteiger partial charge in [0.05, 0.1) is 16.8 Å². The lowest BCUT2D eigenvalue weighted by molar-refractivity contribution is 0.919. The van der Waals surface area contributed by atoms with E-state index < -0.39 is 0 Å². The van der Waals surface area contributed by atoms with E-state index in [2.05, 4.69) is 59.7 Å². The summed E-state index contributed by atoms with van der Waals surface area (Å²) in [7, 11) is 0. The van der Waals surface area contributed by atoms with Crippen LogP contribution in [0.4, 0.5) is 5.69 Å². The molecular weight excluding hydrogens is 264 g/mol. The fourth-order valence-electron chi connectivity index (χ4n) is 2.35. The topological polar surface area (TPSA) is 24.9 Å². The lowest BCUT2D eigenvalue weighted by atomic mass is 10.1. The molecule has 0 atom stereocenters. The van der Waals surface area contributed by atoms with E-state index in [1.807, 2.05) is 6.07 Å². The molecule has 0 unspecified atom stereocenters. The molecule has 20 heavy (non-hydrogen) atoms. The normalized spacial score (nSPS) is 10.8. The van der Waals surface area contributed by atoms with Crippen molar-refractivity contribution in [2.24, 2.45) is 0 Å². The largest absolute Gasteiger partial charge is 0.378 e. The third kappa shape index (κ3) is 2.83.